The second-order valence-electron chi connectivity index (χ2n) is 3.05. The third-order valence-corrected chi connectivity index (χ3v) is 2.66. The number of hydrogen-bond acceptors (Lipinski definition) is 1. The Bertz CT molecular complexity index is 139. The van der Waals surface area contributed by atoms with Gasteiger partial charge in [-0.05, 0) is 18.3 Å². The zero-order valence-corrected chi connectivity index (χ0v) is 5.05. The lowest BCUT2D eigenvalue weighted by Crippen LogP contribution is -1.95. The lowest BCUT2D eigenvalue weighted by atomic mass is 10.2. The lowest BCUT2D eigenvalue weighted by molar-refractivity contribution is -0.119. The summed E-state index contributed by atoms with van der Waals surface area (Å²) >= 11 is 0. The molecule has 2 fully saturated rings. The van der Waals surface area contributed by atoms with E-state index in [1.807, 2.05) is 0 Å². The molecule has 0 unspecified atom stereocenters. The highest BCUT2D eigenvalue weighted by Crippen LogP contribution is 2.54. The summed E-state index contributed by atoms with van der Waals surface area (Å²) in [4.78, 5) is 10.8. The molecule has 44 valence electrons. The van der Waals surface area contributed by atoms with Gasteiger partial charge >= 0.3 is 0 Å². The van der Waals surface area contributed by atoms with Gasteiger partial charge in [0.25, 0.3) is 0 Å². The third-order valence-electron chi connectivity index (χ3n) is 2.66. The Labute approximate surface area is 49.1 Å². The summed E-state index contributed by atoms with van der Waals surface area (Å²) in [5.41, 5.74) is 0. The van der Waals surface area contributed by atoms with E-state index in [2.05, 4.69) is 6.92 Å². The molecule has 8 heavy (non-hydrogen) atoms. The number of ketones is 1. The normalized spacial score (nSPS) is 51.6. The molecule has 3 atom stereocenters. The van der Waals surface area contributed by atoms with E-state index < -0.39 is 0 Å². The van der Waals surface area contributed by atoms with Crippen molar-refractivity contribution in [1.29, 1.82) is 0 Å². The molecule has 2 aliphatic carbocycles. The van der Waals surface area contributed by atoms with E-state index in [4.69, 9.17) is 0 Å². The van der Waals surface area contributed by atoms with Crippen LogP contribution in [-0.4, -0.2) is 5.78 Å². The molecule has 0 saturated heterocycles. The standard InChI is InChI=1S/C7H10O/c1-4-5-2-3-6(8)7(4)5/h4-5,7H,2-3H2,1H3/t4-,5+,7-/m1/s1. The van der Waals surface area contributed by atoms with Crippen LogP contribution in [-0.2, 0) is 4.79 Å². The first-order valence-corrected chi connectivity index (χ1v) is 3.33. The minimum absolute atomic E-state index is 0.509. The van der Waals surface area contributed by atoms with Gasteiger partial charge in [-0.1, -0.05) is 6.92 Å². The fourth-order valence-electron chi connectivity index (χ4n) is 2.00. The Morgan fingerprint density at radius 1 is 1.62 bits per heavy atom. The molecule has 0 heterocycles. The number of hydrogen-bond donors (Lipinski definition) is 0. The van der Waals surface area contributed by atoms with Gasteiger partial charge in [0.05, 0.1) is 0 Å². The Hall–Kier alpha value is -0.330. The maximum Gasteiger partial charge on any atom is 0.136 e. The van der Waals surface area contributed by atoms with Crippen molar-refractivity contribution >= 4 is 5.78 Å². The summed E-state index contributed by atoms with van der Waals surface area (Å²) in [5.74, 6) is 2.59. The number of fused-ring (bicyclic) bond motifs is 1. The minimum atomic E-state index is 0.509. The average Bonchev–Trinajstić information content (AvgIpc) is 2.13. The van der Waals surface area contributed by atoms with Crippen molar-refractivity contribution in [2.24, 2.45) is 17.8 Å². The predicted octanol–water partition coefficient (Wildman–Crippen LogP) is 1.23. The van der Waals surface area contributed by atoms with E-state index in [9.17, 15) is 4.79 Å². The molecule has 2 aliphatic rings. The van der Waals surface area contributed by atoms with Gasteiger partial charge in [-0.25, -0.2) is 0 Å². The molecule has 0 aromatic carbocycles. The highest BCUT2D eigenvalue weighted by atomic mass is 16.1. The Morgan fingerprint density at radius 2 is 2.38 bits per heavy atom. The molecular weight excluding hydrogens is 100 g/mol. The largest absolute Gasteiger partial charge is 0.299 e. The van der Waals surface area contributed by atoms with Crippen LogP contribution in [0.1, 0.15) is 19.8 Å². The van der Waals surface area contributed by atoms with Crippen molar-refractivity contribution in [2.75, 3.05) is 0 Å². The molecule has 0 spiro atoms. The van der Waals surface area contributed by atoms with E-state index in [0.29, 0.717) is 11.7 Å². The highest BCUT2D eigenvalue weighted by Gasteiger charge is 2.54. The maximum atomic E-state index is 10.8. The van der Waals surface area contributed by atoms with E-state index in [0.717, 1.165) is 18.3 Å². The van der Waals surface area contributed by atoms with Gasteiger partial charge in [0.2, 0.25) is 0 Å². The summed E-state index contributed by atoms with van der Waals surface area (Å²) in [6.45, 7) is 2.19. The summed E-state index contributed by atoms with van der Waals surface area (Å²) in [6, 6.07) is 0. The SMILES string of the molecule is C[C@@H]1[C@@H]2CCC(=O)[C@H]12. The van der Waals surface area contributed by atoms with Crippen LogP contribution in [0.15, 0.2) is 0 Å². The van der Waals surface area contributed by atoms with Crippen LogP contribution >= 0.6 is 0 Å². The summed E-state index contributed by atoms with van der Waals surface area (Å²) in [6.07, 6.45) is 2.06. The summed E-state index contributed by atoms with van der Waals surface area (Å²) in [5, 5.41) is 0. The summed E-state index contributed by atoms with van der Waals surface area (Å²) in [7, 11) is 0. The molecule has 0 bridgehead atoms. The Kier molecular flexibility index (Phi) is 0.651. The Balaban J connectivity index is 2.18. The first kappa shape index (κ1) is 4.54. The van der Waals surface area contributed by atoms with Crippen LogP contribution in [0.3, 0.4) is 0 Å². The summed E-state index contributed by atoms with van der Waals surface area (Å²) < 4.78 is 0. The number of Topliss-reactive ketones (excluding diaryl/α,β-unsaturated/α-hetero) is 1. The molecule has 1 nitrogen and oxygen atoms in total. The average molecular weight is 110 g/mol. The molecule has 2 rings (SSSR count). The predicted molar refractivity (Wildman–Crippen MR) is 30.4 cm³/mol. The smallest absolute Gasteiger partial charge is 0.136 e. The zero-order valence-electron chi connectivity index (χ0n) is 5.05. The molecular formula is C7H10O. The molecule has 0 aromatic heterocycles. The van der Waals surface area contributed by atoms with Crippen LogP contribution in [0.2, 0.25) is 0 Å². The molecule has 0 aliphatic heterocycles. The topological polar surface area (TPSA) is 17.1 Å². The van der Waals surface area contributed by atoms with Gasteiger partial charge in [0.15, 0.2) is 0 Å². The number of rotatable bonds is 0. The maximum absolute atomic E-state index is 10.8. The van der Waals surface area contributed by atoms with Gasteiger partial charge in [-0.2, -0.15) is 0 Å². The van der Waals surface area contributed by atoms with E-state index in [1.54, 1.807) is 0 Å². The number of carbonyl (C=O) groups excluding carboxylic acids is 1. The van der Waals surface area contributed by atoms with Crippen molar-refractivity contribution < 1.29 is 4.79 Å². The van der Waals surface area contributed by atoms with Crippen LogP contribution in [0.5, 0.6) is 0 Å². The molecule has 0 amide bonds. The van der Waals surface area contributed by atoms with Gasteiger partial charge in [-0.3, -0.25) is 4.79 Å². The third kappa shape index (κ3) is 0.355. The van der Waals surface area contributed by atoms with Crippen LogP contribution in [0.25, 0.3) is 0 Å². The number of carbonyl (C=O) groups is 1. The Morgan fingerprint density at radius 3 is 2.62 bits per heavy atom. The van der Waals surface area contributed by atoms with E-state index >= 15 is 0 Å². The van der Waals surface area contributed by atoms with Gasteiger partial charge in [0.1, 0.15) is 5.78 Å². The quantitative estimate of drug-likeness (QED) is 0.458. The fraction of sp³-hybridized carbons (Fsp3) is 0.857. The molecule has 0 aromatic rings. The van der Waals surface area contributed by atoms with Gasteiger partial charge < -0.3 is 0 Å². The molecule has 0 radical (unpaired) electrons. The van der Waals surface area contributed by atoms with Crippen LogP contribution in [0.4, 0.5) is 0 Å². The minimum Gasteiger partial charge on any atom is -0.299 e. The van der Waals surface area contributed by atoms with Crippen molar-refractivity contribution in [1.82, 2.24) is 0 Å². The van der Waals surface area contributed by atoms with Crippen molar-refractivity contribution in [3.05, 3.63) is 0 Å². The van der Waals surface area contributed by atoms with Gasteiger partial charge in [-0.15, -0.1) is 0 Å². The molecule has 2 saturated carbocycles. The van der Waals surface area contributed by atoms with Crippen molar-refractivity contribution in [3.63, 3.8) is 0 Å². The first-order chi connectivity index (χ1) is 3.80. The molecule has 1 heteroatoms. The van der Waals surface area contributed by atoms with Crippen LogP contribution in [0, 0.1) is 17.8 Å². The fourth-order valence-corrected chi connectivity index (χ4v) is 2.00. The second kappa shape index (κ2) is 1.15. The molecule has 0 N–H and O–H groups in total. The van der Waals surface area contributed by atoms with E-state index in [-0.39, 0.29) is 0 Å². The second-order valence-corrected chi connectivity index (χ2v) is 3.05. The monoisotopic (exact) mass is 110 g/mol. The lowest BCUT2D eigenvalue weighted by Gasteiger charge is -1.89. The van der Waals surface area contributed by atoms with Crippen molar-refractivity contribution in [3.8, 4) is 0 Å². The van der Waals surface area contributed by atoms with Crippen molar-refractivity contribution in [2.45, 2.75) is 19.8 Å². The first-order valence-electron chi connectivity index (χ1n) is 3.33. The zero-order chi connectivity index (χ0) is 5.72. The van der Waals surface area contributed by atoms with Crippen LogP contribution < -0.4 is 0 Å². The van der Waals surface area contributed by atoms with E-state index in [1.165, 1.54) is 6.42 Å². The van der Waals surface area contributed by atoms with Gasteiger partial charge in [0, 0.05) is 12.3 Å². The highest BCUT2D eigenvalue weighted by molar-refractivity contribution is 5.86.